The molecule has 2 aliphatic rings. The van der Waals surface area contributed by atoms with Gasteiger partial charge in [0.15, 0.2) is 5.76 Å². The number of hydrogen-bond donors (Lipinski definition) is 0. The third kappa shape index (κ3) is 3.43. The molecule has 0 bridgehead atoms. The van der Waals surface area contributed by atoms with Gasteiger partial charge in [-0.2, -0.15) is 4.31 Å². The van der Waals surface area contributed by atoms with E-state index in [9.17, 15) is 8.42 Å². The van der Waals surface area contributed by atoms with Crippen molar-refractivity contribution in [3.05, 3.63) is 35.7 Å². The van der Waals surface area contributed by atoms with Crippen LogP contribution in [0.2, 0.25) is 0 Å². The van der Waals surface area contributed by atoms with E-state index >= 15 is 0 Å². The first-order chi connectivity index (χ1) is 13.0. The van der Waals surface area contributed by atoms with Gasteiger partial charge in [0, 0.05) is 50.6 Å². The molecule has 0 atom stereocenters. The number of piperazine rings is 1. The van der Waals surface area contributed by atoms with Gasteiger partial charge >= 0.3 is 0 Å². The Balaban J connectivity index is 1.43. The molecule has 0 saturated carbocycles. The molecule has 2 aliphatic heterocycles. The predicted octanol–water partition coefficient (Wildman–Crippen LogP) is 2.40. The maximum absolute atomic E-state index is 12.9. The zero-order valence-electron chi connectivity index (χ0n) is 15.9. The number of anilines is 2. The Kier molecular flexibility index (Phi) is 4.86. The van der Waals surface area contributed by atoms with E-state index in [1.54, 1.807) is 13.8 Å². The molecule has 0 aliphatic carbocycles. The molecule has 146 valence electrons. The fraction of sp³-hybridized carbons (Fsp3) is 0.526. The van der Waals surface area contributed by atoms with E-state index in [2.05, 4.69) is 39.2 Å². The van der Waals surface area contributed by atoms with Gasteiger partial charge in [0.1, 0.15) is 10.6 Å². The summed E-state index contributed by atoms with van der Waals surface area (Å²) >= 11 is 0. The molecule has 0 spiro atoms. The van der Waals surface area contributed by atoms with Crippen LogP contribution in [0, 0.1) is 13.8 Å². The van der Waals surface area contributed by atoms with Crippen LogP contribution in [0.3, 0.4) is 0 Å². The summed E-state index contributed by atoms with van der Waals surface area (Å²) in [4.78, 5) is 4.87. The lowest BCUT2D eigenvalue weighted by molar-refractivity contribution is 0.378. The average Bonchev–Trinajstić information content (AvgIpc) is 3.32. The highest BCUT2D eigenvalue weighted by molar-refractivity contribution is 7.89. The second-order valence-corrected chi connectivity index (χ2v) is 9.13. The highest BCUT2D eigenvalue weighted by Crippen LogP contribution is 2.27. The normalized spacial score (nSPS) is 19.0. The number of nitrogens with zero attached hydrogens (tertiary/aromatic N) is 4. The molecular weight excluding hydrogens is 364 g/mol. The average molecular weight is 391 g/mol. The zero-order valence-corrected chi connectivity index (χ0v) is 16.7. The Morgan fingerprint density at radius 2 is 1.37 bits per heavy atom. The van der Waals surface area contributed by atoms with Gasteiger partial charge in [-0.15, -0.1) is 0 Å². The summed E-state index contributed by atoms with van der Waals surface area (Å²) in [5, 5.41) is 3.79. The van der Waals surface area contributed by atoms with Crippen molar-refractivity contribution < 1.29 is 12.9 Å². The van der Waals surface area contributed by atoms with Crippen molar-refractivity contribution in [3.63, 3.8) is 0 Å². The van der Waals surface area contributed by atoms with E-state index in [4.69, 9.17) is 4.52 Å². The molecule has 0 amide bonds. The Morgan fingerprint density at radius 3 is 1.85 bits per heavy atom. The Hall–Kier alpha value is -2.06. The lowest BCUT2D eigenvalue weighted by Gasteiger charge is -2.35. The molecule has 27 heavy (non-hydrogen) atoms. The Labute approximate surface area is 160 Å². The number of sulfonamides is 1. The van der Waals surface area contributed by atoms with Crippen molar-refractivity contribution in [1.82, 2.24) is 9.46 Å². The van der Waals surface area contributed by atoms with Crippen molar-refractivity contribution in [3.8, 4) is 0 Å². The smallest absolute Gasteiger partial charge is 0.248 e. The van der Waals surface area contributed by atoms with Crippen LogP contribution in [0.4, 0.5) is 11.4 Å². The minimum Gasteiger partial charge on any atom is -0.372 e. The van der Waals surface area contributed by atoms with Crippen LogP contribution in [0.5, 0.6) is 0 Å². The third-order valence-electron chi connectivity index (χ3n) is 5.49. The van der Waals surface area contributed by atoms with Crippen molar-refractivity contribution in [2.24, 2.45) is 0 Å². The highest BCUT2D eigenvalue weighted by atomic mass is 32.2. The van der Waals surface area contributed by atoms with Crippen LogP contribution >= 0.6 is 0 Å². The molecule has 8 heteroatoms. The SMILES string of the molecule is Cc1noc(C)c1S(=O)(=O)N1CCN(c2ccc(N3CCCC3)cc2)CC1. The molecule has 2 fully saturated rings. The van der Waals surface area contributed by atoms with Crippen LogP contribution in [-0.2, 0) is 10.0 Å². The van der Waals surface area contributed by atoms with Gasteiger partial charge in [0.05, 0.1) is 0 Å². The molecule has 2 aromatic rings. The topological polar surface area (TPSA) is 69.9 Å². The summed E-state index contributed by atoms with van der Waals surface area (Å²) in [7, 11) is -3.56. The van der Waals surface area contributed by atoms with E-state index in [0.717, 1.165) is 18.8 Å². The molecule has 0 unspecified atom stereocenters. The maximum Gasteiger partial charge on any atom is 0.248 e. The number of aromatic nitrogens is 1. The summed E-state index contributed by atoms with van der Waals surface area (Å²) in [6.45, 7) is 7.85. The second kappa shape index (κ2) is 7.16. The summed E-state index contributed by atoms with van der Waals surface area (Å²) in [6, 6.07) is 8.64. The van der Waals surface area contributed by atoms with E-state index in [0.29, 0.717) is 37.6 Å². The van der Waals surface area contributed by atoms with Crippen LogP contribution < -0.4 is 9.80 Å². The maximum atomic E-state index is 12.9. The minimum atomic E-state index is -3.56. The fourth-order valence-corrected chi connectivity index (χ4v) is 5.72. The third-order valence-corrected chi connectivity index (χ3v) is 7.63. The molecule has 7 nitrogen and oxygen atoms in total. The second-order valence-electron chi connectivity index (χ2n) is 7.25. The number of benzene rings is 1. The van der Waals surface area contributed by atoms with Gasteiger partial charge in [-0.25, -0.2) is 8.42 Å². The van der Waals surface area contributed by atoms with Gasteiger partial charge in [-0.1, -0.05) is 5.16 Å². The molecule has 0 radical (unpaired) electrons. The number of hydrogen-bond acceptors (Lipinski definition) is 6. The first-order valence-corrected chi connectivity index (χ1v) is 10.9. The van der Waals surface area contributed by atoms with E-state index in [1.165, 1.54) is 22.8 Å². The zero-order chi connectivity index (χ0) is 19.0. The van der Waals surface area contributed by atoms with E-state index in [-0.39, 0.29) is 4.90 Å². The number of aryl methyl sites for hydroxylation is 2. The summed E-state index contributed by atoms with van der Waals surface area (Å²) in [6.07, 6.45) is 2.53. The Bertz CT molecular complexity index is 874. The predicted molar refractivity (Wildman–Crippen MR) is 105 cm³/mol. The fourth-order valence-electron chi connectivity index (χ4n) is 4.01. The summed E-state index contributed by atoms with van der Waals surface area (Å²) < 4.78 is 32.4. The van der Waals surface area contributed by atoms with Crippen LogP contribution in [0.25, 0.3) is 0 Å². The highest BCUT2D eigenvalue weighted by Gasteiger charge is 2.33. The largest absolute Gasteiger partial charge is 0.372 e. The lowest BCUT2D eigenvalue weighted by Crippen LogP contribution is -2.48. The number of rotatable bonds is 4. The molecule has 3 heterocycles. The summed E-state index contributed by atoms with van der Waals surface area (Å²) in [5.41, 5.74) is 2.84. The van der Waals surface area contributed by atoms with Crippen LogP contribution in [-0.4, -0.2) is 57.1 Å². The minimum absolute atomic E-state index is 0.214. The van der Waals surface area contributed by atoms with Gasteiger partial charge < -0.3 is 14.3 Å². The van der Waals surface area contributed by atoms with Gasteiger partial charge in [0.2, 0.25) is 10.0 Å². The molecular formula is C19H26N4O3S. The van der Waals surface area contributed by atoms with Crippen molar-refractivity contribution in [1.29, 1.82) is 0 Å². The molecule has 1 aromatic heterocycles. The van der Waals surface area contributed by atoms with Crippen molar-refractivity contribution in [2.45, 2.75) is 31.6 Å². The lowest BCUT2D eigenvalue weighted by atomic mass is 10.2. The first-order valence-electron chi connectivity index (χ1n) is 9.50. The Morgan fingerprint density at radius 1 is 0.852 bits per heavy atom. The van der Waals surface area contributed by atoms with E-state index < -0.39 is 10.0 Å². The molecule has 1 aromatic carbocycles. The van der Waals surface area contributed by atoms with Crippen molar-refractivity contribution in [2.75, 3.05) is 49.1 Å². The van der Waals surface area contributed by atoms with Crippen molar-refractivity contribution >= 4 is 21.4 Å². The summed E-state index contributed by atoms with van der Waals surface area (Å²) in [5.74, 6) is 0.354. The van der Waals surface area contributed by atoms with Crippen LogP contribution in [0.1, 0.15) is 24.3 Å². The standard InChI is InChI=1S/C19H26N4O3S/c1-15-19(16(2)26-20-15)27(24,25)23-13-11-22(12-14-23)18-7-5-17(6-8-18)21-9-3-4-10-21/h5-8H,3-4,9-14H2,1-2H3. The van der Waals surface area contributed by atoms with Gasteiger partial charge in [0.25, 0.3) is 0 Å². The molecule has 0 N–H and O–H groups in total. The quantitative estimate of drug-likeness (QED) is 0.798. The molecule has 2 saturated heterocycles. The van der Waals surface area contributed by atoms with E-state index in [1.807, 2.05) is 0 Å². The molecule has 4 rings (SSSR count). The van der Waals surface area contributed by atoms with Gasteiger partial charge in [-0.05, 0) is 51.0 Å². The monoisotopic (exact) mass is 390 g/mol. The first kappa shape index (κ1) is 18.3. The van der Waals surface area contributed by atoms with Gasteiger partial charge in [-0.3, -0.25) is 0 Å². The van der Waals surface area contributed by atoms with Crippen LogP contribution in [0.15, 0.2) is 33.7 Å².